The smallest absolute Gasteiger partial charge is 0.422 e. The van der Waals surface area contributed by atoms with E-state index in [1.165, 1.54) is 19.3 Å². The summed E-state index contributed by atoms with van der Waals surface area (Å²) in [4.78, 5) is 30.0. The molecule has 1 fully saturated rings. The van der Waals surface area contributed by atoms with E-state index in [9.17, 15) is 19.6 Å². The molecule has 1 aliphatic rings. The first-order valence-electron chi connectivity index (χ1n) is 8.00. The Hall–Kier alpha value is -2.76. The zero-order chi connectivity index (χ0) is 18.7. The van der Waals surface area contributed by atoms with Crippen LogP contribution in [0, 0.1) is 0 Å². The Bertz CT molecular complexity index is 848. The summed E-state index contributed by atoms with van der Waals surface area (Å²) in [5.41, 5.74) is 0.0307. The first-order chi connectivity index (χ1) is 12.5. The maximum absolute atomic E-state index is 12.4. The fraction of sp³-hybridized carbons (Fsp3) is 0.333. The van der Waals surface area contributed by atoms with Gasteiger partial charge in [0.05, 0.1) is 24.5 Å². The topological polar surface area (TPSA) is 130 Å². The molecule has 3 rings (SSSR count). The molecule has 10 nitrogen and oxygen atoms in total. The SMILES string of the molecule is Cn1nc(B(O)O)c(Nc2ccc(C(=O)N3CCOCC3)cn2)cc1=O. The Morgan fingerprint density at radius 2 is 2.04 bits per heavy atom. The quantitative estimate of drug-likeness (QED) is 0.539. The molecule has 0 aliphatic carbocycles. The van der Waals surface area contributed by atoms with Crippen molar-refractivity contribution in [1.29, 1.82) is 0 Å². The summed E-state index contributed by atoms with van der Waals surface area (Å²) in [6.07, 6.45) is 1.42. The van der Waals surface area contributed by atoms with Crippen molar-refractivity contribution in [3.63, 3.8) is 0 Å². The number of hydrogen-bond acceptors (Lipinski definition) is 8. The molecule has 0 aromatic carbocycles. The Kier molecular flexibility index (Phi) is 5.31. The molecule has 0 bridgehead atoms. The molecule has 0 unspecified atom stereocenters. The van der Waals surface area contributed by atoms with Gasteiger partial charge in [-0.2, -0.15) is 5.10 Å². The van der Waals surface area contributed by atoms with E-state index in [0.717, 1.165) is 4.68 Å². The summed E-state index contributed by atoms with van der Waals surface area (Å²) in [5.74, 6) is 0.203. The molecule has 1 amide bonds. The third-order valence-corrected chi connectivity index (χ3v) is 3.94. The lowest BCUT2D eigenvalue weighted by Crippen LogP contribution is -2.40. The van der Waals surface area contributed by atoms with Gasteiger partial charge < -0.3 is 25.0 Å². The first kappa shape index (κ1) is 18.0. The summed E-state index contributed by atoms with van der Waals surface area (Å²) >= 11 is 0. The van der Waals surface area contributed by atoms with Gasteiger partial charge in [0.1, 0.15) is 11.4 Å². The molecule has 0 atom stereocenters. The van der Waals surface area contributed by atoms with Crippen LogP contribution in [0.4, 0.5) is 11.5 Å². The number of carbonyl (C=O) groups is 1. The van der Waals surface area contributed by atoms with E-state index in [0.29, 0.717) is 37.7 Å². The van der Waals surface area contributed by atoms with Crippen molar-refractivity contribution in [2.24, 2.45) is 7.05 Å². The Labute approximate surface area is 149 Å². The maximum atomic E-state index is 12.4. The standard InChI is InChI=1S/C15H18BN5O5/c1-20-13(22)8-11(14(19-20)16(24)25)18-12-3-2-10(9-17-12)15(23)21-4-6-26-7-5-21/h2-3,8-9,24-25H,4-7H2,1H3,(H,17,18). The zero-order valence-electron chi connectivity index (χ0n) is 14.1. The molecular formula is C15H18BN5O5. The number of ether oxygens (including phenoxy) is 1. The van der Waals surface area contributed by atoms with E-state index in [4.69, 9.17) is 4.74 Å². The van der Waals surface area contributed by atoms with E-state index < -0.39 is 12.7 Å². The number of nitrogens with one attached hydrogen (secondary N) is 1. The first-order valence-corrected chi connectivity index (χ1v) is 8.00. The minimum Gasteiger partial charge on any atom is -0.422 e. The van der Waals surface area contributed by atoms with Gasteiger partial charge in [-0.15, -0.1) is 0 Å². The average molecular weight is 359 g/mol. The van der Waals surface area contributed by atoms with Gasteiger partial charge in [0.25, 0.3) is 11.5 Å². The average Bonchev–Trinajstić information content (AvgIpc) is 2.65. The van der Waals surface area contributed by atoms with Crippen molar-refractivity contribution < 1.29 is 19.6 Å². The van der Waals surface area contributed by atoms with E-state index in [-0.39, 0.29) is 17.2 Å². The van der Waals surface area contributed by atoms with Crippen molar-refractivity contribution in [2.75, 3.05) is 31.6 Å². The predicted octanol–water partition coefficient (Wildman–Crippen LogP) is -1.93. The second kappa shape index (κ2) is 7.64. The van der Waals surface area contributed by atoms with Crippen LogP contribution >= 0.6 is 0 Å². The van der Waals surface area contributed by atoms with Crippen LogP contribution < -0.4 is 16.5 Å². The molecule has 0 saturated carbocycles. The van der Waals surface area contributed by atoms with Crippen LogP contribution in [0.1, 0.15) is 10.4 Å². The van der Waals surface area contributed by atoms with Crippen molar-refractivity contribution in [2.45, 2.75) is 0 Å². The number of pyridine rings is 1. The summed E-state index contributed by atoms with van der Waals surface area (Å²) in [7, 11) is -0.450. The lowest BCUT2D eigenvalue weighted by atomic mass is 9.84. The van der Waals surface area contributed by atoms with Gasteiger partial charge in [-0.25, -0.2) is 9.67 Å². The number of carbonyl (C=O) groups excluding carboxylic acids is 1. The highest BCUT2D eigenvalue weighted by Crippen LogP contribution is 2.13. The highest BCUT2D eigenvalue weighted by atomic mass is 16.5. The molecule has 0 spiro atoms. The molecule has 0 radical (unpaired) electrons. The van der Waals surface area contributed by atoms with Gasteiger partial charge in [-0.3, -0.25) is 9.59 Å². The largest absolute Gasteiger partial charge is 0.512 e. The van der Waals surface area contributed by atoms with E-state index in [2.05, 4.69) is 15.4 Å². The normalized spacial score (nSPS) is 14.2. The lowest BCUT2D eigenvalue weighted by molar-refractivity contribution is 0.0302. The molecule has 3 heterocycles. The summed E-state index contributed by atoms with van der Waals surface area (Å²) in [6, 6.07) is 4.37. The van der Waals surface area contributed by atoms with Gasteiger partial charge in [0.15, 0.2) is 0 Å². The number of hydrogen-bond donors (Lipinski definition) is 3. The monoisotopic (exact) mass is 359 g/mol. The van der Waals surface area contributed by atoms with Crippen LogP contribution in [0.3, 0.4) is 0 Å². The number of aromatic nitrogens is 3. The van der Waals surface area contributed by atoms with E-state index >= 15 is 0 Å². The summed E-state index contributed by atoms with van der Waals surface area (Å²) < 4.78 is 6.22. The van der Waals surface area contributed by atoms with Gasteiger partial charge >= 0.3 is 7.12 Å². The maximum Gasteiger partial charge on any atom is 0.512 e. The third kappa shape index (κ3) is 3.90. The van der Waals surface area contributed by atoms with Gasteiger partial charge in [0, 0.05) is 32.4 Å². The van der Waals surface area contributed by atoms with Gasteiger partial charge in [-0.1, -0.05) is 0 Å². The van der Waals surface area contributed by atoms with Gasteiger partial charge in [0.2, 0.25) is 0 Å². The van der Waals surface area contributed by atoms with Gasteiger partial charge in [-0.05, 0) is 12.1 Å². The van der Waals surface area contributed by atoms with Crippen LogP contribution in [-0.2, 0) is 11.8 Å². The highest BCUT2D eigenvalue weighted by Gasteiger charge is 2.21. The van der Waals surface area contributed by atoms with Crippen molar-refractivity contribution in [3.05, 3.63) is 40.3 Å². The molecule has 2 aromatic heterocycles. The second-order valence-electron chi connectivity index (χ2n) is 5.74. The molecule has 26 heavy (non-hydrogen) atoms. The fourth-order valence-electron chi connectivity index (χ4n) is 2.53. The summed E-state index contributed by atoms with van der Waals surface area (Å²) in [6.45, 7) is 2.10. The number of rotatable bonds is 4. The minimum absolute atomic E-state index is 0.109. The minimum atomic E-state index is -1.86. The summed E-state index contributed by atoms with van der Waals surface area (Å²) in [5, 5.41) is 25.5. The van der Waals surface area contributed by atoms with Crippen molar-refractivity contribution >= 4 is 30.1 Å². The molecular weight excluding hydrogens is 341 g/mol. The second-order valence-corrected chi connectivity index (χ2v) is 5.74. The Balaban J connectivity index is 1.78. The lowest BCUT2D eigenvalue weighted by Gasteiger charge is -2.26. The molecule has 3 N–H and O–H groups in total. The molecule has 1 saturated heterocycles. The van der Waals surface area contributed by atoms with Crippen LogP contribution in [-0.4, -0.2) is 69.0 Å². The van der Waals surface area contributed by atoms with E-state index in [1.54, 1.807) is 17.0 Å². The molecule has 136 valence electrons. The number of amides is 1. The number of morpholine rings is 1. The van der Waals surface area contributed by atoms with Crippen LogP contribution in [0.2, 0.25) is 0 Å². The predicted molar refractivity (Wildman–Crippen MR) is 93.5 cm³/mol. The van der Waals surface area contributed by atoms with Crippen molar-refractivity contribution in [1.82, 2.24) is 19.7 Å². The molecule has 1 aliphatic heterocycles. The highest BCUT2D eigenvalue weighted by molar-refractivity contribution is 6.59. The number of anilines is 2. The van der Waals surface area contributed by atoms with Crippen LogP contribution in [0.15, 0.2) is 29.2 Å². The molecule has 11 heteroatoms. The third-order valence-electron chi connectivity index (χ3n) is 3.94. The zero-order valence-corrected chi connectivity index (χ0v) is 14.1. The van der Waals surface area contributed by atoms with E-state index in [1.807, 2.05) is 0 Å². The number of nitrogens with zero attached hydrogens (tertiary/aromatic N) is 4. The van der Waals surface area contributed by atoms with Crippen molar-refractivity contribution in [3.8, 4) is 0 Å². The van der Waals surface area contributed by atoms with Crippen LogP contribution in [0.25, 0.3) is 0 Å². The van der Waals surface area contributed by atoms with Crippen LogP contribution in [0.5, 0.6) is 0 Å². The Morgan fingerprint density at radius 3 is 2.65 bits per heavy atom. The Morgan fingerprint density at radius 1 is 1.31 bits per heavy atom. The number of aryl methyl sites for hydroxylation is 1. The molecule has 2 aromatic rings. The fourth-order valence-corrected chi connectivity index (χ4v) is 2.53.